The standard InChI is InChI=1S/C20H20N4O2S/c25-18(22-15-7-8-17-14(10-15)6-3-9-21-17)11-16-12-27-20(23-16)24-19(26)13-4-1-2-5-13/h3,6-10,12-13H,1-2,4-5,11H2,(H,22,25)(H,23,24,26). The molecule has 0 aliphatic heterocycles. The highest BCUT2D eigenvalue weighted by atomic mass is 32.1. The molecule has 138 valence electrons. The fraction of sp³-hybridized carbons (Fsp3) is 0.300. The van der Waals surface area contributed by atoms with Crippen LogP contribution >= 0.6 is 11.3 Å². The first-order valence-electron chi connectivity index (χ1n) is 9.07. The molecule has 0 radical (unpaired) electrons. The summed E-state index contributed by atoms with van der Waals surface area (Å²) in [5.41, 5.74) is 2.27. The summed E-state index contributed by atoms with van der Waals surface area (Å²) in [5, 5.41) is 9.11. The molecular weight excluding hydrogens is 360 g/mol. The molecular formula is C20H20N4O2S. The van der Waals surface area contributed by atoms with Crippen molar-refractivity contribution < 1.29 is 9.59 Å². The van der Waals surface area contributed by atoms with Crippen molar-refractivity contribution in [2.24, 2.45) is 5.92 Å². The molecule has 0 saturated heterocycles. The largest absolute Gasteiger partial charge is 0.326 e. The first-order chi connectivity index (χ1) is 13.2. The van der Waals surface area contributed by atoms with Gasteiger partial charge in [0, 0.05) is 28.6 Å². The average Bonchev–Trinajstić information content (AvgIpc) is 3.34. The molecule has 27 heavy (non-hydrogen) atoms. The van der Waals surface area contributed by atoms with E-state index in [1.165, 1.54) is 11.3 Å². The number of aromatic nitrogens is 2. The van der Waals surface area contributed by atoms with E-state index in [-0.39, 0.29) is 24.2 Å². The topological polar surface area (TPSA) is 84.0 Å². The van der Waals surface area contributed by atoms with Gasteiger partial charge in [-0.25, -0.2) is 4.98 Å². The molecule has 0 spiro atoms. The lowest BCUT2D eigenvalue weighted by Gasteiger charge is -2.07. The number of thiazole rings is 1. The molecule has 2 heterocycles. The Labute approximate surface area is 161 Å². The van der Waals surface area contributed by atoms with Gasteiger partial charge in [-0.15, -0.1) is 11.3 Å². The summed E-state index contributed by atoms with van der Waals surface area (Å²) in [5.74, 6) is 0.00266. The molecule has 1 aromatic carbocycles. The van der Waals surface area contributed by atoms with E-state index in [1.54, 1.807) is 6.20 Å². The predicted molar refractivity (Wildman–Crippen MR) is 107 cm³/mol. The van der Waals surface area contributed by atoms with Gasteiger partial charge in [-0.05, 0) is 37.1 Å². The first-order valence-corrected chi connectivity index (χ1v) is 9.95. The van der Waals surface area contributed by atoms with Crippen LogP contribution in [0, 0.1) is 5.92 Å². The number of rotatable bonds is 5. The Morgan fingerprint density at radius 2 is 2.00 bits per heavy atom. The van der Waals surface area contributed by atoms with Crippen LogP contribution in [0.15, 0.2) is 41.9 Å². The summed E-state index contributed by atoms with van der Waals surface area (Å²) >= 11 is 1.36. The molecule has 2 aromatic heterocycles. The lowest BCUT2D eigenvalue weighted by Crippen LogP contribution is -2.20. The fourth-order valence-corrected chi connectivity index (χ4v) is 4.08. The highest BCUT2D eigenvalue weighted by molar-refractivity contribution is 7.13. The van der Waals surface area contributed by atoms with E-state index in [0.717, 1.165) is 42.3 Å². The average molecular weight is 380 g/mol. The SMILES string of the molecule is O=C(Cc1csc(NC(=O)C2CCCC2)n1)Nc1ccc2ncccc2c1. The van der Waals surface area contributed by atoms with Gasteiger partial charge in [-0.2, -0.15) is 0 Å². The number of hydrogen-bond acceptors (Lipinski definition) is 5. The van der Waals surface area contributed by atoms with Crippen molar-refractivity contribution in [3.63, 3.8) is 0 Å². The molecule has 3 aromatic rings. The van der Waals surface area contributed by atoms with Crippen molar-refractivity contribution in [1.82, 2.24) is 9.97 Å². The van der Waals surface area contributed by atoms with Crippen LogP contribution in [0.1, 0.15) is 31.4 Å². The number of pyridine rings is 1. The van der Waals surface area contributed by atoms with E-state index in [2.05, 4.69) is 20.6 Å². The molecule has 1 aliphatic rings. The molecule has 0 bridgehead atoms. The normalized spacial score (nSPS) is 14.4. The minimum atomic E-state index is -0.141. The lowest BCUT2D eigenvalue weighted by molar-refractivity contribution is -0.119. The Hall–Kier alpha value is -2.80. The summed E-state index contributed by atoms with van der Waals surface area (Å²) in [6, 6.07) is 9.43. The zero-order valence-corrected chi connectivity index (χ0v) is 15.6. The molecule has 2 amide bonds. The van der Waals surface area contributed by atoms with Crippen molar-refractivity contribution in [1.29, 1.82) is 0 Å². The summed E-state index contributed by atoms with van der Waals surface area (Å²) in [4.78, 5) is 33.1. The van der Waals surface area contributed by atoms with Crippen molar-refractivity contribution in [2.75, 3.05) is 10.6 Å². The Morgan fingerprint density at radius 1 is 1.15 bits per heavy atom. The van der Waals surface area contributed by atoms with Gasteiger partial charge in [-0.1, -0.05) is 18.9 Å². The molecule has 0 unspecified atom stereocenters. The van der Waals surface area contributed by atoms with Gasteiger partial charge in [0.2, 0.25) is 11.8 Å². The van der Waals surface area contributed by atoms with E-state index < -0.39 is 0 Å². The van der Waals surface area contributed by atoms with E-state index in [1.807, 2.05) is 35.7 Å². The summed E-state index contributed by atoms with van der Waals surface area (Å²) in [6.07, 6.45) is 6.05. The number of amides is 2. The van der Waals surface area contributed by atoms with Gasteiger partial charge in [0.05, 0.1) is 17.6 Å². The van der Waals surface area contributed by atoms with Crippen LogP contribution in [0.4, 0.5) is 10.8 Å². The number of carbonyl (C=O) groups is 2. The van der Waals surface area contributed by atoms with E-state index >= 15 is 0 Å². The molecule has 0 atom stereocenters. The van der Waals surface area contributed by atoms with Crippen molar-refractivity contribution in [2.45, 2.75) is 32.1 Å². The second-order valence-electron chi connectivity index (χ2n) is 6.75. The van der Waals surface area contributed by atoms with Crippen LogP contribution in [0.5, 0.6) is 0 Å². The predicted octanol–water partition coefficient (Wildman–Crippen LogP) is 4.00. The summed E-state index contributed by atoms with van der Waals surface area (Å²) in [7, 11) is 0. The van der Waals surface area contributed by atoms with Gasteiger partial charge in [0.25, 0.3) is 0 Å². The maximum Gasteiger partial charge on any atom is 0.230 e. The molecule has 7 heteroatoms. The third-order valence-electron chi connectivity index (χ3n) is 4.74. The molecule has 1 aliphatic carbocycles. The van der Waals surface area contributed by atoms with Crippen LogP contribution < -0.4 is 10.6 Å². The minimum Gasteiger partial charge on any atom is -0.326 e. The number of hydrogen-bond donors (Lipinski definition) is 2. The van der Waals surface area contributed by atoms with Crippen molar-refractivity contribution in [3.05, 3.63) is 47.6 Å². The maximum atomic E-state index is 12.3. The zero-order chi connectivity index (χ0) is 18.6. The second-order valence-corrected chi connectivity index (χ2v) is 7.61. The minimum absolute atomic E-state index is 0.0441. The second kappa shape index (κ2) is 7.84. The third-order valence-corrected chi connectivity index (χ3v) is 5.54. The number of nitrogens with one attached hydrogen (secondary N) is 2. The highest BCUT2D eigenvalue weighted by Crippen LogP contribution is 2.27. The Balaban J connectivity index is 1.35. The maximum absolute atomic E-state index is 12.3. The van der Waals surface area contributed by atoms with Crippen molar-refractivity contribution >= 4 is 44.9 Å². The van der Waals surface area contributed by atoms with Gasteiger partial charge in [0.1, 0.15) is 0 Å². The van der Waals surface area contributed by atoms with Crippen LogP contribution in [-0.4, -0.2) is 21.8 Å². The number of fused-ring (bicyclic) bond motifs is 1. The van der Waals surface area contributed by atoms with Crippen LogP contribution in [0.2, 0.25) is 0 Å². The van der Waals surface area contributed by atoms with E-state index in [9.17, 15) is 9.59 Å². The van der Waals surface area contributed by atoms with Gasteiger partial charge >= 0.3 is 0 Å². The molecule has 1 fully saturated rings. The number of nitrogens with zero attached hydrogens (tertiary/aromatic N) is 2. The highest BCUT2D eigenvalue weighted by Gasteiger charge is 2.23. The van der Waals surface area contributed by atoms with Crippen LogP contribution in [0.3, 0.4) is 0 Å². The quantitative estimate of drug-likeness (QED) is 0.701. The van der Waals surface area contributed by atoms with Gasteiger partial charge < -0.3 is 10.6 Å². The third kappa shape index (κ3) is 4.31. The van der Waals surface area contributed by atoms with E-state index in [4.69, 9.17) is 0 Å². The number of carbonyl (C=O) groups excluding carboxylic acids is 2. The molecule has 6 nitrogen and oxygen atoms in total. The zero-order valence-electron chi connectivity index (χ0n) is 14.8. The summed E-state index contributed by atoms with van der Waals surface area (Å²) < 4.78 is 0. The Kier molecular flexibility index (Phi) is 5.11. The lowest BCUT2D eigenvalue weighted by atomic mass is 10.1. The van der Waals surface area contributed by atoms with Crippen LogP contribution in [-0.2, 0) is 16.0 Å². The van der Waals surface area contributed by atoms with Gasteiger partial charge in [0.15, 0.2) is 5.13 Å². The fourth-order valence-electron chi connectivity index (χ4n) is 3.36. The Bertz CT molecular complexity index is 979. The summed E-state index contributed by atoms with van der Waals surface area (Å²) in [6.45, 7) is 0. The number of benzene rings is 1. The smallest absolute Gasteiger partial charge is 0.230 e. The van der Waals surface area contributed by atoms with E-state index in [0.29, 0.717) is 10.8 Å². The first kappa shape index (κ1) is 17.6. The number of anilines is 2. The van der Waals surface area contributed by atoms with Crippen molar-refractivity contribution in [3.8, 4) is 0 Å². The van der Waals surface area contributed by atoms with Crippen LogP contribution in [0.25, 0.3) is 10.9 Å². The Morgan fingerprint density at radius 3 is 2.85 bits per heavy atom. The molecule has 2 N–H and O–H groups in total. The van der Waals surface area contributed by atoms with Gasteiger partial charge in [-0.3, -0.25) is 14.6 Å². The molecule has 4 rings (SSSR count). The molecule has 1 saturated carbocycles. The monoisotopic (exact) mass is 380 g/mol.